The largest absolute Gasteiger partial charge is 0.461 e. The second kappa shape index (κ2) is 9.83. The maximum absolute atomic E-state index is 13.0. The van der Waals surface area contributed by atoms with E-state index >= 15 is 0 Å². The first-order valence-electron chi connectivity index (χ1n) is 10.3. The SMILES string of the molecule is CCN(CC)C(C)Cc1nsc(NC(=O)c2cc(-c3cccc(C(F)(F)F)c3)oc2C)n1. The molecule has 0 saturated heterocycles. The van der Waals surface area contributed by atoms with Crippen LogP contribution in [0.1, 0.15) is 48.3 Å². The number of furan rings is 1. The van der Waals surface area contributed by atoms with Gasteiger partial charge in [-0.25, -0.2) is 4.98 Å². The van der Waals surface area contributed by atoms with Gasteiger partial charge < -0.3 is 9.32 Å². The number of halogens is 3. The van der Waals surface area contributed by atoms with Gasteiger partial charge in [0.15, 0.2) is 0 Å². The third-order valence-electron chi connectivity index (χ3n) is 5.24. The van der Waals surface area contributed by atoms with E-state index in [9.17, 15) is 18.0 Å². The highest BCUT2D eigenvalue weighted by atomic mass is 32.1. The number of hydrogen-bond donors (Lipinski definition) is 1. The average Bonchev–Trinajstić information content (AvgIpc) is 3.34. The normalized spacial score (nSPS) is 12.9. The zero-order valence-electron chi connectivity index (χ0n) is 18.3. The highest BCUT2D eigenvalue weighted by molar-refractivity contribution is 7.09. The van der Waals surface area contributed by atoms with Crippen molar-refractivity contribution in [3.63, 3.8) is 0 Å². The molecular formula is C22H25F3N4O2S. The van der Waals surface area contributed by atoms with Gasteiger partial charge in [0, 0.05) is 29.6 Å². The lowest BCUT2D eigenvalue weighted by molar-refractivity contribution is -0.137. The average molecular weight is 467 g/mol. The summed E-state index contributed by atoms with van der Waals surface area (Å²) in [7, 11) is 0. The molecule has 0 radical (unpaired) electrons. The second-order valence-corrected chi connectivity index (χ2v) is 8.16. The molecule has 2 heterocycles. The summed E-state index contributed by atoms with van der Waals surface area (Å²) in [5, 5.41) is 3.06. The number of aromatic nitrogens is 2. The minimum Gasteiger partial charge on any atom is -0.461 e. The Morgan fingerprint density at radius 3 is 2.62 bits per heavy atom. The minimum atomic E-state index is -4.46. The summed E-state index contributed by atoms with van der Waals surface area (Å²) < 4.78 is 48.9. The maximum atomic E-state index is 13.0. The Morgan fingerprint density at radius 1 is 1.25 bits per heavy atom. The number of carbonyl (C=O) groups excluding carboxylic acids is 1. The lowest BCUT2D eigenvalue weighted by atomic mass is 10.1. The van der Waals surface area contributed by atoms with Crippen molar-refractivity contribution >= 4 is 22.6 Å². The highest BCUT2D eigenvalue weighted by Crippen LogP contribution is 2.33. The first-order chi connectivity index (χ1) is 15.1. The molecule has 0 fully saturated rings. The molecule has 1 unspecified atom stereocenters. The van der Waals surface area contributed by atoms with E-state index < -0.39 is 17.6 Å². The van der Waals surface area contributed by atoms with Crippen LogP contribution in [-0.2, 0) is 12.6 Å². The van der Waals surface area contributed by atoms with Crippen LogP contribution >= 0.6 is 11.5 Å². The Balaban J connectivity index is 1.72. The number of anilines is 1. The van der Waals surface area contributed by atoms with Crippen molar-refractivity contribution in [3.8, 4) is 11.3 Å². The van der Waals surface area contributed by atoms with E-state index in [1.54, 1.807) is 6.92 Å². The maximum Gasteiger partial charge on any atom is 0.416 e. The second-order valence-electron chi connectivity index (χ2n) is 7.40. The predicted molar refractivity (Wildman–Crippen MR) is 118 cm³/mol. The van der Waals surface area contributed by atoms with Gasteiger partial charge in [0.1, 0.15) is 17.3 Å². The Bertz CT molecular complexity index is 1070. The van der Waals surface area contributed by atoms with E-state index in [1.807, 2.05) is 0 Å². The van der Waals surface area contributed by atoms with Gasteiger partial charge in [0.25, 0.3) is 5.91 Å². The van der Waals surface area contributed by atoms with Crippen molar-refractivity contribution in [2.45, 2.75) is 46.3 Å². The summed E-state index contributed by atoms with van der Waals surface area (Å²) in [6, 6.07) is 6.50. The quantitative estimate of drug-likeness (QED) is 0.465. The van der Waals surface area contributed by atoms with Crippen LogP contribution in [0, 0.1) is 6.92 Å². The minimum absolute atomic E-state index is 0.185. The predicted octanol–water partition coefficient (Wildman–Crippen LogP) is 5.65. The summed E-state index contributed by atoms with van der Waals surface area (Å²) in [6.45, 7) is 9.75. The monoisotopic (exact) mass is 466 g/mol. The molecule has 0 spiro atoms. The molecule has 172 valence electrons. The molecule has 1 amide bonds. The van der Waals surface area contributed by atoms with Crippen molar-refractivity contribution in [2.24, 2.45) is 0 Å². The molecule has 1 atom stereocenters. The molecule has 0 aliphatic heterocycles. The zero-order chi connectivity index (χ0) is 23.5. The fourth-order valence-corrected chi connectivity index (χ4v) is 4.08. The fraction of sp³-hybridized carbons (Fsp3) is 0.409. The Labute approximate surface area is 188 Å². The van der Waals surface area contributed by atoms with Crippen molar-refractivity contribution in [1.82, 2.24) is 14.3 Å². The van der Waals surface area contributed by atoms with Crippen LogP contribution in [0.3, 0.4) is 0 Å². The molecule has 3 aromatic rings. The number of nitrogens with one attached hydrogen (secondary N) is 1. The molecular weight excluding hydrogens is 441 g/mol. The number of carbonyl (C=O) groups is 1. The summed E-state index contributed by atoms with van der Waals surface area (Å²) in [5.74, 6) is 0.682. The topological polar surface area (TPSA) is 71.3 Å². The van der Waals surface area contributed by atoms with E-state index in [0.29, 0.717) is 23.1 Å². The standard InChI is InChI=1S/C22H25F3N4O2S/c1-5-29(6-2)13(3)10-19-26-21(32-28-19)27-20(30)17-12-18(31-14(17)4)15-8-7-9-16(11-15)22(23,24)25/h7-9,11-13H,5-6,10H2,1-4H3,(H,26,27,28,30). The van der Waals surface area contributed by atoms with Crippen molar-refractivity contribution in [1.29, 1.82) is 0 Å². The summed E-state index contributed by atoms with van der Waals surface area (Å²) >= 11 is 1.09. The highest BCUT2D eigenvalue weighted by Gasteiger charge is 2.31. The van der Waals surface area contributed by atoms with Crippen LogP contribution in [-0.4, -0.2) is 39.3 Å². The zero-order valence-corrected chi connectivity index (χ0v) is 19.1. The fourth-order valence-electron chi connectivity index (χ4n) is 3.49. The van der Waals surface area contributed by atoms with Crippen LogP contribution in [0.15, 0.2) is 34.7 Å². The number of hydrogen-bond acceptors (Lipinski definition) is 6. The number of likely N-dealkylation sites (N-methyl/N-ethyl adjacent to an activating group) is 1. The van der Waals surface area contributed by atoms with E-state index in [-0.39, 0.29) is 22.9 Å². The number of amides is 1. The van der Waals surface area contributed by atoms with Crippen LogP contribution in [0.25, 0.3) is 11.3 Å². The van der Waals surface area contributed by atoms with Gasteiger partial charge in [-0.05, 0) is 45.1 Å². The smallest absolute Gasteiger partial charge is 0.416 e. The Hall–Kier alpha value is -2.72. The molecule has 2 aromatic heterocycles. The molecule has 32 heavy (non-hydrogen) atoms. The van der Waals surface area contributed by atoms with Gasteiger partial charge >= 0.3 is 6.18 Å². The van der Waals surface area contributed by atoms with Gasteiger partial charge in [-0.3, -0.25) is 10.1 Å². The van der Waals surface area contributed by atoms with Gasteiger partial charge in [-0.2, -0.15) is 17.5 Å². The van der Waals surface area contributed by atoms with Gasteiger partial charge in [-0.1, -0.05) is 26.0 Å². The molecule has 1 N–H and O–H groups in total. The molecule has 0 aliphatic carbocycles. The molecule has 3 rings (SSSR count). The molecule has 1 aromatic carbocycles. The number of nitrogens with zero attached hydrogens (tertiary/aromatic N) is 3. The van der Waals surface area contributed by atoms with Crippen LogP contribution < -0.4 is 5.32 Å². The number of rotatable bonds is 8. The third-order valence-corrected chi connectivity index (χ3v) is 5.91. The van der Waals surface area contributed by atoms with Crippen molar-refractivity contribution in [3.05, 3.63) is 53.0 Å². The Kier molecular flexibility index (Phi) is 7.35. The summed E-state index contributed by atoms with van der Waals surface area (Å²) in [4.78, 5) is 19.4. The molecule has 0 aliphatic rings. The van der Waals surface area contributed by atoms with Crippen molar-refractivity contribution < 1.29 is 22.4 Å². The number of benzene rings is 1. The molecule has 0 bridgehead atoms. The van der Waals surface area contributed by atoms with Gasteiger partial charge in [-0.15, -0.1) is 0 Å². The first-order valence-corrected chi connectivity index (χ1v) is 11.1. The van der Waals surface area contributed by atoms with Crippen LogP contribution in [0.5, 0.6) is 0 Å². The van der Waals surface area contributed by atoms with Crippen LogP contribution in [0.4, 0.5) is 18.3 Å². The van der Waals surface area contributed by atoms with E-state index in [2.05, 4.69) is 40.3 Å². The number of alkyl halides is 3. The van der Waals surface area contributed by atoms with E-state index in [0.717, 1.165) is 36.8 Å². The van der Waals surface area contributed by atoms with Gasteiger partial charge in [0.05, 0.1) is 11.1 Å². The molecule has 0 saturated carbocycles. The molecule has 10 heteroatoms. The van der Waals surface area contributed by atoms with E-state index in [4.69, 9.17) is 4.42 Å². The van der Waals surface area contributed by atoms with E-state index in [1.165, 1.54) is 18.2 Å². The van der Waals surface area contributed by atoms with Gasteiger partial charge in [0.2, 0.25) is 5.13 Å². The lowest BCUT2D eigenvalue weighted by Gasteiger charge is -2.25. The molecule has 6 nitrogen and oxygen atoms in total. The first kappa shape index (κ1) is 23.9. The van der Waals surface area contributed by atoms with Crippen LogP contribution in [0.2, 0.25) is 0 Å². The number of aryl methyl sites for hydroxylation is 1. The Morgan fingerprint density at radius 2 is 1.97 bits per heavy atom. The third kappa shape index (κ3) is 5.55. The van der Waals surface area contributed by atoms with Crippen molar-refractivity contribution in [2.75, 3.05) is 18.4 Å². The summed E-state index contributed by atoms with van der Waals surface area (Å²) in [6.07, 6.45) is -3.80. The lowest BCUT2D eigenvalue weighted by Crippen LogP contribution is -2.34. The summed E-state index contributed by atoms with van der Waals surface area (Å²) in [5.41, 5.74) is -0.313.